The molecule has 1 heterocycles. The van der Waals surface area contributed by atoms with E-state index in [0.29, 0.717) is 0 Å². The fourth-order valence-corrected chi connectivity index (χ4v) is 4.68. The van der Waals surface area contributed by atoms with Crippen molar-refractivity contribution in [3.8, 4) is 10.4 Å². The molecule has 0 spiro atoms. The molecule has 4 aromatic rings. The minimum atomic E-state index is 1.13. The third-order valence-corrected chi connectivity index (χ3v) is 6.63. The number of unbranched alkanes of at least 4 members (excludes halogenated alkanes) is 1. The molecule has 0 saturated heterocycles. The van der Waals surface area contributed by atoms with Crippen LogP contribution in [-0.2, 0) is 0 Å². The van der Waals surface area contributed by atoms with E-state index in [1.807, 2.05) is 0 Å². The Balaban J connectivity index is 1.65. The van der Waals surface area contributed by atoms with E-state index < -0.39 is 0 Å². The first kappa shape index (κ1) is 22.8. The number of anilines is 3. The number of thiophene rings is 1. The van der Waals surface area contributed by atoms with Crippen LogP contribution in [0.3, 0.4) is 0 Å². The maximum atomic E-state index is 2.32. The van der Waals surface area contributed by atoms with Crippen molar-refractivity contribution in [3.63, 3.8) is 0 Å². The van der Waals surface area contributed by atoms with Crippen molar-refractivity contribution in [2.24, 2.45) is 0 Å². The topological polar surface area (TPSA) is 3.24 Å². The van der Waals surface area contributed by atoms with Gasteiger partial charge < -0.3 is 4.90 Å². The number of aryl methyl sites for hydroxylation is 2. The first-order valence-corrected chi connectivity index (χ1v) is 12.5. The maximum Gasteiger partial charge on any atom is 0.0462 e. The molecule has 0 bridgehead atoms. The third-order valence-electron chi connectivity index (χ3n) is 5.65. The van der Waals surface area contributed by atoms with E-state index >= 15 is 0 Å². The molecule has 0 radical (unpaired) electrons. The normalized spacial score (nSPS) is 11.5. The first-order chi connectivity index (χ1) is 16.2. The van der Waals surface area contributed by atoms with Crippen LogP contribution in [0.1, 0.15) is 36.5 Å². The van der Waals surface area contributed by atoms with Gasteiger partial charge in [0, 0.05) is 21.9 Å². The molecule has 0 aliphatic carbocycles. The van der Waals surface area contributed by atoms with Crippen molar-refractivity contribution in [2.45, 2.75) is 33.6 Å². The molecule has 4 rings (SSSR count). The van der Waals surface area contributed by atoms with Crippen LogP contribution in [0.5, 0.6) is 0 Å². The zero-order valence-electron chi connectivity index (χ0n) is 19.7. The van der Waals surface area contributed by atoms with Crippen molar-refractivity contribution < 1.29 is 0 Å². The van der Waals surface area contributed by atoms with Gasteiger partial charge in [0.25, 0.3) is 0 Å². The number of hydrogen-bond acceptors (Lipinski definition) is 2. The highest BCUT2D eigenvalue weighted by molar-refractivity contribution is 7.13. The number of allylic oxidation sites excluding steroid dienone is 3. The third kappa shape index (κ3) is 5.71. The number of nitrogens with zero attached hydrogens (tertiary/aromatic N) is 1. The summed E-state index contributed by atoms with van der Waals surface area (Å²) >= 11 is 1.79. The fourth-order valence-electron chi connectivity index (χ4n) is 3.78. The highest BCUT2D eigenvalue weighted by Gasteiger charge is 2.13. The van der Waals surface area contributed by atoms with E-state index in [9.17, 15) is 0 Å². The highest BCUT2D eigenvalue weighted by atomic mass is 32.1. The van der Waals surface area contributed by atoms with Crippen LogP contribution in [-0.4, -0.2) is 0 Å². The Hall–Kier alpha value is -3.36. The van der Waals surface area contributed by atoms with E-state index in [1.165, 1.54) is 33.6 Å². The Morgan fingerprint density at radius 1 is 0.697 bits per heavy atom. The summed E-state index contributed by atoms with van der Waals surface area (Å²) in [7, 11) is 0. The molecule has 1 nitrogen and oxygen atoms in total. The largest absolute Gasteiger partial charge is 0.311 e. The smallest absolute Gasteiger partial charge is 0.0462 e. The number of benzene rings is 3. The van der Waals surface area contributed by atoms with Gasteiger partial charge in [-0.2, -0.15) is 0 Å². The average Bonchev–Trinajstić information content (AvgIpc) is 3.30. The van der Waals surface area contributed by atoms with Crippen LogP contribution in [0.25, 0.3) is 16.5 Å². The molecule has 2 heteroatoms. The molecule has 0 unspecified atom stereocenters. The van der Waals surface area contributed by atoms with Crippen LogP contribution in [0, 0.1) is 13.8 Å². The van der Waals surface area contributed by atoms with Gasteiger partial charge in [-0.1, -0.05) is 85.2 Å². The Kier molecular flexibility index (Phi) is 7.59. The van der Waals surface area contributed by atoms with Gasteiger partial charge in [0.1, 0.15) is 0 Å². The molecule has 0 aliphatic heterocycles. The predicted octanol–water partition coefficient (Wildman–Crippen LogP) is 9.87. The molecule has 166 valence electrons. The van der Waals surface area contributed by atoms with Crippen LogP contribution in [0.2, 0.25) is 0 Å². The zero-order chi connectivity index (χ0) is 23.0. The minimum absolute atomic E-state index is 1.13. The predicted molar refractivity (Wildman–Crippen MR) is 147 cm³/mol. The molecule has 0 atom stereocenters. The number of hydrogen-bond donors (Lipinski definition) is 0. The summed E-state index contributed by atoms with van der Waals surface area (Å²) in [5, 5.41) is 2.17. The number of rotatable bonds is 8. The summed E-state index contributed by atoms with van der Waals surface area (Å²) in [4.78, 5) is 3.62. The molecule has 3 aromatic carbocycles. The molecule has 33 heavy (non-hydrogen) atoms. The lowest BCUT2D eigenvalue weighted by molar-refractivity contribution is 0.959. The first-order valence-electron chi connectivity index (χ1n) is 11.6. The van der Waals surface area contributed by atoms with Crippen molar-refractivity contribution in [1.82, 2.24) is 0 Å². The molecular weight excluding hydrogens is 418 g/mol. The van der Waals surface area contributed by atoms with Gasteiger partial charge in [-0.3, -0.25) is 0 Å². The highest BCUT2D eigenvalue weighted by Crippen LogP contribution is 2.37. The maximum absolute atomic E-state index is 2.32. The van der Waals surface area contributed by atoms with Crippen LogP contribution >= 0.6 is 11.3 Å². The fraction of sp³-hybridized carbons (Fsp3) is 0.161. The van der Waals surface area contributed by atoms with Gasteiger partial charge in [-0.15, -0.1) is 11.3 Å². The standard InChI is InChI=1S/C31H31NS/c1-4-5-6-7-8-9-26-22-23-33-31(26)27-14-20-30(21-15-27)32(28-16-10-24(2)11-17-28)29-18-12-25(3)13-19-29/h6-23H,4-5H2,1-3H3/b7-6+,9-8+. The van der Waals surface area contributed by atoms with Gasteiger partial charge in [-0.25, -0.2) is 0 Å². The lowest BCUT2D eigenvalue weighted by atomic mass is 10.1. The molecule has 0 N–H and O–H groups in total. The Morgan fingerprint density at radius 2 is 1.24 bits per heavy atom. The summed E-state index contributed by atoms with van der Waals surface area (Å²) < 4.78 is 0. The zero-order valence-corrected chi connectivity index (χ0v) is 20.5. The molecule has 1 aromatic heterocycles. The van der Waals surface area contributed by atoms with Gasteiger partial charge >= 0.3 is 0 Å². The van der Waals surface area contributed by atoms with Crippen molar-refractivity contribution in [2.75, 3.05) is 4.90 Å². The Bertz CT molecular complexity index is 1160. The summed E-state index contributed by atoms with van der Waals surface area (Å²) in [6.45, 7) is 6.45. The summed E-state index contributed by atoms with van der Waals surface area (Å²) in [5.41, 5.74) is 8.53. The van der Waals surface area contributed by atoms with Gasteiger partial charge in [0.15, 0.2) is 0 Å². The van der Waals surface area contributed by atoms with Crippen LogP contribution in [0.15, 0.2) is 102 Å². The average molecular weight is 450 g/mol. The van der Waals surface area contributed by atoms with Crippen molar-refractivity contribution in [3.05, 3.63) is 119 Å². The second-order valence-electron chi connectivity index (χ2n) is 8.33. The molecule has 0 amide bonds. The van der Waals surface area contributed by atoms with Crippen LogP contribution < -0.4 is 4.90 Å². The van der Waals surface area contributed by atoms with E-state index in [0.717, 1.165) is 23.5 Å². The monoisotopic (exact) mass is 449 g/mol. The summed E-state index contributed by atoms with van der Waals surface area (Å²) in [6.07, 6.45) is 11.0. The second-order valence-corrected chi connectivity index (χ2v) is 9.25. The van der Waals surface area contributed by atoms with E-state index in [4.69, 9.17) is 0 Å². The summed E-state index contributed by atoms with van der Waals surface area (Å²) in [5.74, 6) is 0. The van der Waals surface area contributed by atoms with E-state index in [2.05, 4.69) is 134 Å². The quantitative estimate of drug-likeness (QED) is 0.242. The van der Waals surface area contributed by atoms with Crippen molar-refractivity contribution >= 4 is 34.5 Å². The van der Waals surface area contributed by atoms with Gasteiger partial charge in [0.05, 0.1) is 0 Å². The van der Waals surface area contributed by atoms with Crippen molar-refractivity contribution in [1.29, 1.82) is 0 Å². The Labute approximate surface area is 202 Å². The second kappa shape index (κ2) is 11.0. The van der Waals surface area contributed by atoms with Gasteiger partial charge in [0.2, 0.25) is 0 Å². The molecule has 0 fully saturated rings. The lowest BCUT2D eigenvalue weighted by Crippen LogP contribution is -2.09. The molecule has 0 aliphatic rings. The van der Waals surface area contributed by atoms with Gasteiger partial charge in [-0.05, 0) is 79.2 Å². The molecule has 0 saturated carbocycles. The van der Waals surface area contributed by atoms with Crippen LogP contribution in [0.4, 0.5) is 17.1 Å². The Morgan fingerprint density at radius 3 is 1.79 bits per heavy atom. The minimum Gasteiger partial charge on any atom is -0.311 e. The lowest BCUT2D eigenvalue weighted by Gasteiger charge is -2.26. The SMILES string of the molecule is CCC/C=C/C=C/c1ccsc1-c1ccc(N(c2ccc(C)cc2)c2ccc(C)cc2)cc1. The van der Waals surface area contributed by atoms with E-state index in [1.54, 1.807) is 11.3 Å². The van der Waals surface area contributed by atoms with E-state index in [-0.39, 0.29) is 0 Å². The molecular formula is C31H31NS. The summed E-state index contributed by atoms with van der Waals surface area (Å²) in [6, 6.07) is 28.6.